The molecule has 0 atom stereocenters. The van der Waals surface area contributed by atoms with Crippen LogP contribution in [0.3, 0.4) is 0 Å². The van der Waals surface area contributed by atoms with E-state index in [2.05, 4.69) is 4.99 Å². The molecule has 8 heteroatoms. The van der Waals surface area contributed by atoms with Crippen molar-refractivity contribution in [2.24, 2.45) is 10.7 Å². The maximum absolute atomic E-state index is 12.2. The number of amidine groups is 1. The number of hydrogen-bond donors (Lipinski definition) is 2. The second-order valence-electron chi connectivity index (χ2n) is 6.34. The van der Waals surface area contributed by atoms with Crippen molar-refractivity contribution in [1.29, 1.82) is 0 Å². The van der Waals surface area contributed by atoms with Gasteiger partial charge in [0.05, 0.1) is 10.6 Å². The number of aliphatic imine (C=N–C) groups is 1. The molecule has 0 radical (unpaired) electrons. The molecule has 1 aliphatic heterocycles. The Morgan fingerprint density at radius 3 is 2.33 bits per heavy atom. The lowest BCUT2D eigenvalue weighted by atomic mass is 10.0. The van der Waals surface area contributed by atoms with Gasteiger partial charge in [-0.15, -0.1) is 0 Å². The molecular formula is C19H19N3O4S. The Balaban J connectivity index is 2.03. The molecule has 1 heterocycles. The largest absolute Gasteiger partial charge is 0.478 e. The first-order valence-electron chi connectivity index (χ1n) is 8.12. The zero-order chi connectivity index (χ0) is 19.8. The number of nitrogens with zero attached hydrogens (tertiary/aromatic N) is 2. The van der Waals surface area contributed by atoms with Gasteiger partial charge in [0, 0.05) is 31.7 Å². The number of carbonyl (C=O) groups is 1. The Kier molecular flexibility index (Phi) is 4.86. The third kappa shape index (κ3) is 3.76. The standard InChI is InChI=1S/C19H19N3O4S/c1-22(2)27(25,26)16-6-3-12(4-7-16)13-5-8-17-14(9-13)10-15(19(23)24)11-18(20)21-17/h3-10H,11H2,1-2H3,(H2,20,21)(H,23,24). The molecule has 0 amide bonds. The van der Waals surface area contributed by atoms with Crippen LogP contribution >= 0.6 is 0 Å². The SMILES string of the molecule is CN(C)S(=O)(=O)c1ccc(-c2ccc3c(c2)C=C(C(=O)O)CC(N)=N3)cc1. The summed E-state index contributed by atoms with van der Waals surface area (Å²) >= 11 is 0. The zero-order valence-electron chi connectivity index (χ0n) is 14.9. The summed E-state index contributed by atoms with van der Waals surface area (Å²) in [4.78, 5) is 15.8. The lowest BCUT2D eigenvalue weighted by Crippen LogP contribution is -2.22. The molecular weight excluding hydrogens is 366 g/mol. The molecule has 0 spiro atoms. The van der Waals surface area contributed by atoms with E-state index in [1.807, 2.05) is 12.1 Å². The third-order valence-electron chi connectivity index (χ3n) is 4.23. The van der Waals surface area contributed by atoms with E-state index in [0.29, 0.717) is 11.3 Å². The molecule has 0 aromatic heterocycles. The number of sulfonamides is 1. The van der Waals surface area contributed by atoms with Crippen LogP contribution in [0, 0.1) is 0 Å². The Labute approximate surface area is 157 Å². The molecule has 7 nitrogen and oxygen atoms in total. The van der Waals surface area contributed by atoms with E-state index in [1.54, 1.807) is 36.4 Å². The van der Waals surface area contributed by atoms with Gasteiger partial charge in [0.25, 0.3) is 0 Å². The van der Waals surface area contributed by atoms with E-state index in [-0.39, 0.29) is 22.7 Å². The van der Waals surface area contributed by atoms with Crippen molar-refractivity contribution in [1.82, 2.24) is 4.31 Å². The van der Waals surface area contributed by atoms with Crippen LogP contribution < -0.4 is 5.73 Å². The van der Waals surface area contributed by atoms with E-state index >= 15 is 0 Å². The van der Waals surface area contributed by atoms with Crippen LogP contribution in [-0.4, -0.2) is 43.7 Å². The molecule has 0 saturated carbocycles. The maximum Gasteiger partial charge on any atom is 0.332 e. The van der Waals surface area contributed by atoms with Gasteiger partial charge in [-0.25, -0.2) is 22.5 Å². The molecule has 140 valence electrons. The molecule has 1 aliphatic rings. The second-order valence-corrected chi connectivity index (χ2v) is 8.49. The zero-order valence-corrected chi connectivity index (χ0v) is 15.7. The smallest absolute Gasteiger partial charge is 0.332 e. The molecule has 0 bridgehead atoms. The highest BCUT2D eigenvalue weighted by atomic mass is 32.2. The average Bonchev–Trinajstić information content (AvgIpc) is 2.79. The number of aliphatic carboxylic acids is 1. The van der Waals surface area contributed by atoms with Crippen molar-refractivity contribution in [2.45, 2.75) is 11.3 Å². The fourth-order valence-electron chi connectivity index (χ4n) is 2.75. The van der Waals surface area contributed by atoms with Gasteiger partial charge < -0.3 is 10.8 Å². The molecule has 0 unspecified atom stereocenters. The number of nitrogens with two attached hydrogens (primary N) is 1. The molecule has 0 fully saturated rings. The molecule has 0 aliphatic carbocycles. The number of carboxylic acids is 1. The van der Waals surface area contributed by atoms with Gasteiger partial charge >= 0.3 is 5.97 Å². The van der Waals surface area contributed by atoms with E-state index in [0.717, 1.165) is 15.4 Å². The van der Waals surface area contributed by atoms with Gasteiger partial charge in [0.2, 0.25) is 10.0 Å². The van der Waals surface area contributed by atoms with Gasteiger partial charge in [-0.2, -0.15) is 0 Å². The minimum atomic E-state index is -3.49. The predicted octanol–water partition coefficient (Wildman–Crippen LogP) is 2.46. The number of benzene rings is 2. The quantitative estimate of drug-likeness (QED) is 0.839. The van der Waals surface area contributed by atoms with Crippen molar-refractivity contribution >= 4 is 33.6 Å². The topological polar surface area (TPSA) is 113 Å². The van der Waals surface area contributed by atoms with Crippen LogP contribution in [-0.2, 0) is 14.8 Å². The first-order valence-corrected chi connectivity index (χ1v) is 9.56. The minimum absolute atomic E-state index is 0.0798. The van der Waals surface area contributed by atoms with E-state index in [9.17, 15) is 18.3 Å². The average molecular weight is 385 g/mol. The molecule has 3 N–H and O–H groups in total. The number of hydrogen-bond acceptors (Lipinski definition) is 5. The highest BCUT2D eigenvalue weighted by molar-refractivity contribution is 7.89. The monoisotopic (exact) mass is 385 g/mol. The predicted molar refractivity (Wildman–Crippen MR) is 104 cm³/mol. The molecule has 27 heavy (non-hydrogen) atoms. The second kappa shape index (κ2) is 6.98. The molecule has 2 aromatic rings. The maximum atomic E-state index is 12.2. The summed E-state index contributed by atoms with van der Waals surface area (Å²) < 4.78 is 25.5. The van der Waals surface area contributed by atoms with Gasteiger partial charge in [0.1, 0.15) is 5.84 Å². The molecule has 3 rings (SSSR count). The van der Waals surface area contributed by atoms with Crippen LogP contribution in [0.15, 0.2) is 57.9 Å². The first kappa shape index (κ1) is 18.8. The summed E-state index contributed by atoms with van der Waals surface area (Å²) in [6.45, 7) is 0. The molecule has 2 aromatic carbocycles. The van der Waals surface area contributed by atoms with Crippen LogP contribution in [0.1, 0.15) is 12.0 Å². The first-order chi connectivity index (χ1) is 12.7. The van der Waals surface area contributed by atoms with Crippen molar-refractivity contribution in [3.8, 4) is 11.1 Å². The van der Waals surface area contributed by atoms with Crippen LogP contribution in [0.2, 0.25) is 0 Å². The summed E-state index contributed by atoms with van der Waals surface area (Å²) in [5.74, 6) is -0.793. The Morgan fingerprint density at radius 2 is 1.74 bits per heavy atom. The Hall–Kier alpha value is -2.97. The van der Waals surface area contributed by atoms with Crippen LogP contribution in [0.5, 0.6) is 0 Å². The van der Waals surface area contributed by atoms with Gasteiger partial charge in [-0.3, -0.25) is 0 Å². The summed E-state index contributed by atoms with van der Waals surface area (Å²) in [7, 11) is -0.530. The van der Waals surface area contributed by atoms with Crippen molar-refractivity contribution < 1.29 is 18.3 Å². The van der Waals surface area contributed by atoms with E-state index in [1.165, 1.54) is 14.1 Å². The molecule has 0 saturated heterocycles. The van der Waals surface area contributed by atoms with Crippen LogP contribution in [0.4, 0.5) is 5.69 Å². The Bertz CT molecular complexity index is 1070. The number of carboxylic acid groups (broad SMARTS) is 1. The van der Waals surface area contributed by atoms with Crippen molar-refractivity contribution in [3.05, 3.63) is 53.6 Å². The normalized spacial score (nSPS) is 14.2. The lowest BCUT2D eigenvalue weighted by molar-refractivity contribution is -0.132. The minimum Gasteiger partial charge on any atom is -0.478 e. The summed E-state index contributed by atoms with van der Waals surface area (Å²) in [6.07, 6.45) is 1.64. The summed E-state index contributed by atoms with van der Waals surface area (Å²) in [5, 5.41) is 9.30. The van der Waals surface area contributed by atoms with Gasteiger partial charge in [-0.1, -0.05) is 18.2 Å². The number of fused-ring (bicyclic) bond motifs is 1. The highest BCUT2D eigenvalue weighted by Gasteiger charge is 2.18. The van der Waals surface area contributed by atoms with E-state index < -0.39 is 16.0 Å². The summed E-state index contributed by atoms with van der Waals surface area (Å²) in [5.41, 5.74) is 8.83. The van der Waals surface area contributed by atoms with Gasteiger partial charge in [-0.05, 0) is 41.5 Å². The van der Waals surface area contributed by atoms with Crippen molar-refractivity contribution in [2.75, 3.05) is 14.1 Å². The number of rotatable bonds is 4. The van der Waals surface area contributed by atoms with Crippen molar-refractivity contribution in [3.63, 3.8) is 0 Å². The van der Waals surface area contributed by atoms with Crippen LogP contribution in [0.25, 0.3) is 17.2 Å². The Morgan fingerprint density at radius 1 is 1.11 bits per heavy atom. The van der Waals surface area contributed by atoms with Gasteiger partial charge in [0.15, 0.2) is 0 Å². The fraction of sp³-hybridized carbons (Fsp3) is 0.158. The lowest BCUT2D eigenvalue weighted by Gasteiger charge is -2.12. The van der Waals surface area contributed by atoms with E-state index in [4.69, 9.17) is 5.73 Å². The summed E-state index contributed by atoms with van der Waals surface area (Å²) in [6, 6.07) is 11.9. The highest BCUT2D eigenvalue weighted by Crippen LogP contribution is 2.31. The fourth-order valence-corrected chi connectivity index (χ4v) is 3.65. The third-order valence-corrected chi connectivity index (χ3v) is 6.06.